The van der Waals surface area contributed by atoms with Crippen LogP contribution in [0.5, 0.6) is 0 Å². The maximum absolute atomic E-state index is 15.5. The molecule has 2 aromatic rings. The van der Waals surface area contributed by atoms with E-state index in [0.29, 0.717) is 56.3 Å². The van der Waals surface area contributed by atoms with Gasteiger partial charge in [0, 0.05) is 57.6 Å². The number of aliphatic hydroxyl groups excluding tert-OH is 3. The van der Waals surface area contributed by atoms with Gasteiger partial charge in [0.15, 0.2) is 0 Å². The van der Waals surface area contributed by atoms with Crippen molar-refractivity contribution in [2.45, 2.75) is 202 Å². The molecule has 15 rings (SSSR count). The van der Waals surface area contributed by atoms with E-state index in [0.717, 1.165) is 100 Å². The van der Waals surface area contributed by atoms with Gasteiger partial charge in [0.2, 0.25) is 0 Å². The second-order valence-electron chi connectivity index (χ2n) is 28.3. The Morgan fingerprint density at radius 1 is 0.763 bits per heavy atom. The number of hydrogen-bond acceptors (Lipinski definition) is 10. The number of ether oxygens (including phenoxy) is 1. The summed E-state index contributed by atoms with van der Waals surface area (Å²) in [5.74, 6) is 5.33. The van der Waals surface area contributed by atoms with Crippen molar-refractivity contribution < 1.29 is 45.0 Å². The molecule has 7 N–H and O–H groups in total. The highest BCUT2D eigenvalue weighted by atomic mass is 16.5. The van der Waals surface area contributed by atoms with Crippen molar-refractivity contribution in [1.29, 1.82) is 0 Å². The monoisotopic (exact) mass is 1040 g/mol. The van der Waals surface area contributed by atoms with Gasteiger partial charge in [-0.2, -0.15) is 0 Å². The van der Waals surface area contributed by atoms with E-state index < -0.39 is 80.5 Å². The molecule has 21 atom stereocenters. The number of rotatable bonds is 6. The van der Waals surface area contributed by atoms with E-state index in [2.05, 4.69) is 66.5 Å². The number of benzene rings is 2. The van der Waals surface area contributed by atoms with Crippen LogP contribution in [0.2, 0.25) is 0 Å². The normalized spacial score (nSPS) is 49.0. The average molecular weight is 1040 g/mol. The van der Waals surface area contributed by atoms with Crippen LogP contribution in [0.3, 0.4) is 0 Å². The highest BCUT2D eigenvalue weighted by Crippen LogP contribution is 2.81. The molecule has 0 aromatic heterocycles. The number of nitrogens with one attached hydrogen (secondary N) is 1. The summed E-state index contributed by atoms with van der Waals surface area (Å²) in [6.07, 6.45) is 16.7. The topological polar surface area (TPSA) is 177 Å². The Labute approximate surface area is 450 Å². The van der Waals surface area contributed by atoms with Crippen molar-refractivity contribution in [3.05, 3.63) is 82.9 Å². The van der Waals surface area contributed by atoms with Gasteiger partial charge in [-0.25, -0.2) is 4.79 Å². The molecule has 0 unspecified atom stereocenters. The van der Waals surface area contributed by atoms with E-state index in [4.69, 9.17) is 4.74 Å². The van der Waals surface area contributed by atoms with E-state index in [9.17, 15) is 25.2 Å². The maximum Gasteiger partial charge on any atom is 0.331 e. The number of fused-ring (bicyclic) bond motifs is 6. The van der Waals surface area contributed by atoms with Crippen molar-refractivity contribution in [2.75, 3.05) is 6.73 Å². The number of hydrogen-bond donors (Lipinski definition) is 7. The van der Waals surface area contributed by atoms with Crippen molar-refractivity contribution >= 4 is 12.3 Å². The van der Waals surface area contributed by atoms with Gasteiger partial charge >= 0.3 is 5.97 Å². The third-order valence-electron chi connectivity index (χ3n) is 26.1. The summed E-state index contributed by atoms with van der Waals surface area (Å²) in [4.78, 5) is 29.4. The molecule has 1 aliphatic heterocycles. The van der Waals surface area contributed by atoms with Crippen LogP contribution in [0, 0.1) is 98.6 Å². The van der Waals surface area contributed by atoms with Gasteiger partial charge in [0.05, 0.1) is 30.0 Å². The van der Waals surface area contributed by atoms with Gasteiger partial charge in [-0.1, -0.05) is 106 Å². The largest absolute Gasteiger partial charge is 0.454 e. The lowest BCUT2D eigenvalue weighted by molar-refractivity contribution is -0.386. The van der Waals surface area contributed by atoms with E-state index in [1.54, 1.807) is 6.08 Å². The Morgan fingerprint density at radius 3 is 2.30 bits per heavy atom. The smallest absolute Gasteiger partial charge is 0.331 e. The molecular formula is C66H85NO9. The molecule has 0 saturated heterocycles. The second kappa shape index (κ2) is 18.1. The molecule has 10 fully saturated rings. The fourth-order valence-electron chi connectivity index (χ4n) is 23.2. The van der Waals surface area contributed by atoms with Gasteiger partial charge in [-0.3, -0.25) is 5.32 Å². The van der Waals surface area contributed by atoms with Crippen LogP contribution in [0.4, 0.5) is 0 Å². The summed E-state index contributed by atoms with van der Waals surface area (Å²) in [6.45, 7) is 2.07. The van der Waals surface area contributed by atoms with Gasteiger partial charge in [0.1, 0.15) is 23.6 Å². The van der Waals surface area contributed by atoms with Crippen LogP contribution >= 0.6 is 0 Å². The lowest BCUT2D eigenvalue weighted by Gasteiger charge is -2.75. The van der Waals surface area contributed by atoms with Gasteiger partial charge in [-0.15, -0.1) is 0 Å². The zero-order valence-corrected chi connectivity index (χ0v) is 45.0. The molecule has 4 bridgehead atoms. The zero-order valence-electron chi connectivity index (χ0n) is 45.0. The number of aldehydes is 1. The Kier molecular flexibility index (Phi) is 12.1. The van der Waals surface area contributed by atoms with Crippen LogP contribution in [-0.4, -0.2) is 90.8 Å². The first-order valence-electron chi connectivity index (χ1n) is 30.6. The van der Waals surface area contributed by atoms with Crippen molar-refractivity contribution in [3.63, 3.8) is 0 Å². The molecule has 10 saturated carbocycles. The Morgan fingerprint density at radius 2 is 1.53 bits per heavy atom. The lowest BCUT2D eigenvalue weighted by Crippen LogP contribution is -2.86. The maximum atomic E-state index is 15.5. The van der Waals surface area contributed by atoms with E-state index in [1.807, 2.05) is 12.1 Å². The third-order valence-corrected chi connectivity index (χ3v) is 26.1. The zero-order chi connectivity index (χ0) is 52.2. The SMILES string of the molecule is C[C@H](C1CCCC1)[C@H]1CC[C@H]2[C@@H](O)[C@]3(CC[C@H]4C[C@H](c5ccccc5)CC[C@H]43)C[C@]3(C=O)[C@H]4CC[C@@]56CC7(C#Cc8ccccc8C[C@@H](NCO)[C@@H]8C[C@@H](C[C@]5(O)[C@]4(O)[C@@H](O)[C@@H](C1)[C@]23O)[C@@H]6C1=CC(=O)O[C@H]18)CCCC7. The van der Waals surface area contributed by atoms with Crippen molar-refractivity contribution in [1.82, 2.24) is 5.32 Å². The van der Waals surface area contributed by atoms with E-state index >= 15 is 15.0 Å². The number of aliphatic hydroxyl groups is 6. The first-order valence-corrected chi connectivity index (χ1v) is 30.6. The minimum atomic E-state index is -2.25. The summed E-state index contributed by atoms with van der Waals surface area (Å²) < 4.78 is 6.42. The molecule has 408 valence electrons. The molecule has 0 radical (unpaired) electrons. The number of carbonyl (C=O) groups is 2. The molecule has 12 aliphatic carbocycles. The molecule has 0 amide bonds. The molecule has 76 heavy (non-hydrogen) atoms. The van der Waals surface area contributed by atoms with Crippen molar-refractivity contribution in [3.8, 4) is 11.8 Å². The van der Waals surface area contributed by atoms with Crippen LogP contribution < -0.4 is 5.32 Å². The third kappa shape index (κ3) is 6.72. The summed E-state index contributed by atoms with van der Waals surface area (Å²) in [5, 5.41) is 86.5. The van der Waals surface area contributed by atoms with Gasteiger partial charge < -0.3 is 40.2 Å². The van der Waals surface area contributed by atoms with Crippen LogP contribution in [0.25, 0.3) is 0 Å². The minimum absolute atomic E-state index is 0.0755. The summed E-state index contributed by atoms with van der Waals surface area (Å²) >= 11 is 0. The number of carbonyl (C=O) groups excluding carboxylic acids is 2. The molecule has 13 aliphatic rings. The summed E-state index contributed by atoms with van der Waals surface area (Å²) in [6, 6.07) is 18.7. The molecular weight excluding hydrogens is 951 g/mol. The van der Waals surface area contributed by atoms with Crippen LogP contribution in [-0.2, 0) is 20.7 Å². The molecule has 1 heterocycles. The quantitative estimate of drug-likeness (QED) is 0.0642. The molecule has 10 heteroatoms. The molecule has 10 nitrogen and oxygen atoms in total. The van der Waals surface area contributed by atoms with Gasteiger partial charge in [0.25, 0.3) is 0 Å². The second-order valence-corrected chi connectivity index (χ2v) is 28.3. The average Bonchev–Trinajstić information content (AvgIpc) is 4.19. The number of esters is 1. The van der Waals surface area contributed by atoms with Crippen LogP contribution in [0.1, 0.15) is 171 Å². The standard InChI is InChI=1S/C66H85NO9/c1-39(40-11-5-6-12-40)43-17-20-51-58(71)61(27-22-46-29-45(18-19-50(46)61)41-13-3-2-4-14-41)36-63(37-68)54-23-28-62-35-60(24-9-10-25-60)26-21-42-15-7-8-16-44(42)32-53(67-38-69)48-30-47(56(62)49-33-55(70)76-57(48)49)34-64(62,73)66(54,75)59(72)52(31-43)65(51,63)74/h2-4,7-8,13-16,33,37,39-40,43,45-48,50-54,56-59,67,69,71-75H,5-6,9-12,17-20,22-25,27-32,34-36,38H2,1H3/t39-,43+,45-,46+,47+,48+,50-,51+,52-,53-,54-,56-,57+,58-,59+,61-,62+,63+,64-,65-,66-/m1/s1. The Balaban J connectivity index is 0.955. The summed E-state index contributed by atoms with van der Waals surface area (Å²) in [5.41, 5.74) is -5.81. The molecule has 3 spiro atoms. The first-order chi connectivity index (χ1) is 36.7. The van der Waals surface area contributed by atoms with Gasteiger partial charge in [-0.05, 0) is 179 Å². The van der Waals surface area contributed by atoms with Crippen molar-refractivity contribution in [2.24, 2.45) is 86.8 Å². The van der Waals surface area contributed by atoms with E-state index in [1.165, 1.54) is 18.4 Å². The predicted molar refractivity (Wildman–Crippen MR) is 286 cm³/mol. The first kappa shape index (κ1) is 50.8. The lowest BCUT2D eigenvalue weighted by atomic mass is 9.32. The van der Waals surface area contributed by atoms with E-state index in [-0.39, 0.29) is 67.5 Å². The van der Waals surface area contributed by atoms with Crippen LogP contribution in [0.15, 0.2) is 66.2 Å². The highest BCUT2D eigenvalue weighted by Gasteiger charge is 2.87. The fraction of sp³-hybridized carbons (Fsp3) is 0.727. The highest BCUT2D eigenvalue weighted by molar-refractivity contribution is 5.86. The predicted octanol–water partition coefficient (Wildman–Crippen LogP) is 8.71. The summed E-state index contributed by atoms with van der Waals surface area (Å²) in [7, 11) is 0. The molecule has 2 aromatic carbocycles. The minimum Gasteiger partial charge on any atom is -0.454 e. The Hall–Kier alpha value is -3.40. The fourth-order valence-corrected chi connectivity index (χ4v) is 23.2. The Bertz CT molecular complexity index is 2700.